The molecule has 88 valence electrons. The van der Waals surface area contributed by atoms with Crippen LogP contribution in [0.15, 0.2) is 18.2 Å². The van der Waals surface area contributed by atoms with Crippen LogP contribution in [0, 0.1) is 0 Å². The molecule has 0 saturated carbocycles. The molecule has 2 rings (SSSR count). The molecule has 0 bridgehead atoms. The van der Waals surface area contributed by atoms with Crippen LogP contribution in [-0.4, -0.2) is 19.3 Å². The lowest BCUT2D eigenvalue weighted by molar-refractivity contribution is 0.0699. The summed E-state index contributed by atoms with van der Waals surface area (Å²) in [5.74, 6) is 0. The zero-order valence-corrected chi connectivity index (χ0v) is 10.5. The summed E-state index contributed by atoms with van der Waals surface area (Å²) in [6.45, 7) is 2.36. The van der Waals surface area contributed by atoms with Crippen molar-refractivity contribution in [2.75, 3.05) is 13.2 Å². The predicted molar refractivity (Wildman–Crippen MR) is 67.1 cm³/mol. The number of ether oxygens (including phenoxy) is 1. The van der Waals surface area contributed by atoms with Crippen LogP contribution in [0.25, 0.3) is 0 Å². The van der Waals surface area contributed by atoms with E-state index in [-0.39, 0.29) is 0 Å². The summed E-state index contributed by atoms with van der Waals surface area (Å²) >= 11 is 12.2. The molecule has 1 N–H and O–H groups in total. The fraction of sp³-hybridized carbons (Fsp3) is 0.500. The normalized spacial score (nSPS) is 21.0. The van der Waals surface area contributed by atoms with E-state index >= 15 is 0 Å². The summed E-state index contributed by atoms with van der Waals surface area (Å²) in [5.41, 5.74) is 0.969. The Bertz CT molecular complexity index is 331. The van der Waals surface area contributed by atoms with Gasteiger partial charge in [0.2, 0.25) is 0 Å². The van der Waals surface area contributed by atoms with Gasteiger partial charge in [-0.1, -0.05) is 29.3 Å². The minimum atomic E-state index is 0.418. The molecule has 0 aliphatic carbocycles. The summed E-state index contributed by atoms with van der Waals surface area (Å²) in [6, 6.07) is 6.00. The SMILES string of the molecule is Clc1cccc(Cl)c1CNC1CCCOC1. The minimum Gasteiger partial charge on any atom is -0.380 e. The molecule has 1 saturated heterocycles. The zero-order chi connectivity index (χ0) is 11.4. The van der Waals surface area contributed by atoms with Crippen LogP contribution >= 0.6 is 23.2 Å². The van der Waals surface area contributed by atoms with Crippen molar-refractivity contribution in [3.05, 3.63) is 33.8 Å². The second-order valence-corrected chi connectivity index (χ2v) is 4.81. The highest BCUT2D eigenvalue weighted by Gasteiger charge is 2.14. The topological polar surface area (TPSA) is 21.3 Å². The van der Waals surface area contributed by atoms with Gasteiger partial charge >= 0.3 is 0 Å². The van der Waals surface area contributed by atoms with E-state index in [1.807, 2.05) is 18.2 Å². The Hall–Kier alpha value is -0.280. The average molecular weight is 260 g/mol. The van der Waals surface area contributed by atoms with Gasteiger partial charge in [0.05, 0.1) is 6.61 Å². The van der Waals surface area contributed by atoms with Crippen LogP contribution in [-0.2, 0) is 11.3 Å². The number of hydrogen-bond donors (Lipinski definition) is 1. The Morgan fingerprint density at radius 2 is 2.06 bits per heavy atom. The van der Waals surface area contributed by atoms with E-state index in [2.05, 4.69) is 5.32 Å². The molecule has 1 aliphatic heterocycles. The van der Waals surface area contributed by atoms with Gasteiger partial charge in [-0.25, -0.2) is 0 Å². The van der Waals surface area contributed by atoms with Crippen molar-refractivity contribution in [1.82, 2.24) is 5.32 Å². The summed E-state index contributed by atoms with van der Waals surface area (Å²) in [5, 5.41) is 4.86. The van der Waals surface area contributed by atoms with Gasteiger partial charge in [0.15, 0.2) is 0 Å². The van der Waals surface area contributed by atoms with E-state index in [0.717, 1.165) is 41.7 Å². The monoisotopic (exact) mass is 259 g/mol. The zero-order valence-electron chi connectivity index (χ0n) is 9.01. The van der Waals surface area contributed by atoms with E-state index in [0.29, 0.717) is 12.6 Å². The Morgan fingerprint density at radius 1 is 1.31 bits per heavy atom. The highest BCUT2D eigenvalue weighted by Crippen LogP contribution is 2.24. The Morgan fingerprint density at radius 3 is 2.69 bits per heavy atom. The van der Waals surface area contributed by atoms with Gasteiger partial charge in [-0.05, 0) is 25.0 Å². The average Bonchev–Trinajstić information content (AvgIpc) is 2.30. The number of hydrogen-bond acceptors (Lipinski definition) is 2. The molecule has 2 nitrogen and oxygen atoms in total. The van der Waals surface area contributed by atoms with Gasteiger partial charge in [-0.3, -0.25) is 0 Å². The van der Waals surface area contributed by atoms with Crippen LogP contribution in [0.5, 0.6) is 0 Å². The fourth-order valence-corrected chi connectivity index (χ4v) is 2.38. The highest BCUT2D eigenvalue weighted by molar-refractivity contribution is 6.35. The molecule has 0 aromatic heterocycles. The molecular weight excluding hydrogens is 245 g/mol. The molecule has 4 heteroatoms. The van der Waals surface area contributed by atoms with Gasteiger partial charge < -0.3 is 10.1 Å². The van der Waals surface area contributed by atoms with Crippen molar-refractivity contribution >= 4 is 23.2 Å². The summed E-state index contributed by atoms with van der Waals surface area (Å²) in [4.78, 5) is 0. The largest absolute Gasteiger partial charge is 0.380 e. The van der Waals surface area contributed by atoms with E-state index in [1.165, 1.54) is 0 Å². The van der Waals surface area contributed by atoms with Crippen molar-refractivity contribution in [3.63, 3.8) is 0 Å². The molecule has 1 aromatic carbocycles. The standard InChI is InChI=1S/C12H15Cl2NO/c13-11-4-1-5-12(14)10(11)7-15-9-3-2-6-16-8-9/h1,4-5,9,15H,2-3,6-8H2. The molecule has 1 aliphatic rings. The van der Waals surface area contributed by atoms with E-state index in [4.69, 9.17) is 27.9 Å². The Kier molecular flexibility index (Phi) is 4.47. The lowest BCUT2D eigenvalue weighted by Crippen LogP contribution is -2.36. The molecule has 1 unspecified atom stereocenters. The maximum absolute atomic E-state index is 6.09. The first-order valence-electron chi connectivity index (χ1n) is 5.51. The maximum Gasteiger partial charge on any atom is 0.0619 e. The molecular formula is C12H15Cl2NO. The fourth-order valence-electron chi connectivity index (χ4n) is 1.85. The minimum absolute atomic E-state index is 0.418. The van der Waals surface area contributed by atoms with E-state index < -0.39 is 0 Å². The third-order valence-electron chi connectivity index (χ3n) is 2.79. The number of halogens is 2. The summed E-state index contributed by atoms with van der Waals surface area (Å²) in [7, 11) is 0. The molecule has 1 fully saturated rings. The van der Waals surface area contributed by atoms with Crippen LogP contribution < -0.4 is 5.32 Å². The Balaban J connectivity index is 1.93. The molecule has 1 aromatic rings. The summed E-state index contributed by atoms with van der Waals surface area (Å²) < 4.78 is 5.40. The number of benzene rings is 1. The highest BCUT2D eigenvalue weighted by atomic mass is 35.5. The summed E-state index contributed by atoms with van der Waals surface area (Å²) in [6.07, 6.45) is 2.27. The molecule has 0 radical (unpaired) electrons. The second-order valence-electron chi connectivity index (χ2n) is 4.00. The van der Waals surface area contributed by atoms with Gasteiger partial charge in [-0.15, -0.1) is 0 Å². The second kappa shape index (κ2) is 5.87. The first-order valence-corrected chi connectivity index (χ1v) is 6.27. The quantitative estimate of drug-likeness (QED) is 0.900. The van der Waals surface area contributed by atoms with Gasteiger partial charge in [0, 0.05) is 34.8 Å². The predicted octanol–water partition coefficient (Wildman–Crippen LogP) is 3.26. The van der Waals surface area contributed by atoms with Crippen LogP contribution in [0.3, 0.4) is 0 Å². The first kappa shape index (κ1) is 12.2. The molecule has 0 amide bonds. The number of nitrogens with one attached hydrogen (secondary N) is 1. The van der Waals surface area contributed by atoms with E-state index in [9.17, 15) is 0 Å². The van der Waals surface area contributed by atoms with Crippen molar-refractivity contribution in [2.24, 2.45) is 0 Å². The molecule has 0 spiro atoms. The van der Waals surface area contributed by atoms with Gasteiger partial charge in [0.1, 0.15) is 0 Å². The third kappa shape index (κ3) is 3.11. The van der Waals surface area contributed by atoms with Crippen molar-refractivity contribution in [2.45, 2.75) is 25.4 Å². The Labute approximate surface area is 106 Å². The van der Waals surface area contributed by atoms with E-state index in [1.54, 1.807) is 0 Å². The third-order valence-corrected chi connectivity index (χ3v) is 3.50. The lowest BCUT2D eigenvalue weighted by atomic mass is 10.1. The molecule has 16 heavy (non-hydrogen) atoms. The van der Waals surface area contributed by atoms with Crippen LogP contribution in [0.2, 0.25) is 10.0 Å². The lowest BCUT2D eigenvalue weighted by Gasteiger charge is -2.23. The van der Waals surface area contributed by atoms with Crippen LogP contribution in [0.4, 0.5) is 0 Å². The number of rotatable bonds is 3. The first-order chi connectivity index (χ1) is 7.77. The maximum atomic E-state index is 6.09. The molecule has 1 atom stereocenters. The van der Waals surface area contributed by atoms with Crippen molar-refractivity contribution in [1.29, 1.82) is 0 Å². The van der Waals surface area contributed by atoms with Crippen LogP contribution in [0.1, 0.15) is 18.4 Å². The van der Waals surface area contributed by atoms with Gasteiger partial charge in [0.25, 0.3) is 0 Å². The smallest absolute Gasteiger partial charge is 0.0619 e. The van der Waals surface area contributed by atoms with Gasteiger partial charge in [-0.2, -0.15) is 0 Å². The van der Waals surface area contributed by atoms with Crippen molar-refractivity contribution < 1.29 is 4.74 Å². The molecule has 1 heterocycles. The van der Waals surface area contributed by atoms with Crippen molar-refractivity contribution in [3.8, 4) is 0 Å².